The molecule has 0 saturated heterocycles. The molecule has 0 saturated carbocycles. The van der Waals surface area contributed by atoms with Crippen LogP contribution >= 0.6 is 0 Å². The lowest BCUT2D eigenvalue weighted by Gasteiger charge is -2.13. The van der Waals surface area contributed by atoms with E-state index in [1.807, 2.05) is 85.1 Å². The number of para-hydroxylation sites is 3. The van der Waals surface area contributed by atoms with Crippen LogP contribution in [0.4, 0.5) is 0 Å². The molecule has 5 rings (SSSR count). The second-order valence-corrected chi connectivity index (χ2v) is 8.23. The summed E-state index contributed by atoms with van der Waals surface area (Å²) < 4.78 is 13.3. The molecule has 2 heterocycles. The van der Waals surface area contributed by atoms with E-state index in [2.05, 4.69) is 5.32 Å². The smallest absolute Gasteiger partial charge is 0.240 e. The predicted molar refractivity (Wildman–Crippen MR) is 138 cm³/mol. The van der Waals surface area contributed by atoms with Gasteiger partial charge < -0.3 is 19.4 Å². The Morgan fingerprint density at radius 2 is 1.60 bits per heavy atom. The van der Waals surface area contributed by atoms with Crippen LogP contribution in [0.3, 0.4) is 0 Å². The van der Waals surface area contributed by atoms with E-state index in [0.717, 1.165) is 44.5 Å². The quantitative estimate of drug-likeness (QED) is 0.333. The molecule has 2 aromatic heterocycles. The maximum absolute atomic E-state index is 12.9. The van der Waals surface area contributed by atoms with E-state index in [4.69, 9.17) is 19.4 Å². The average molecular weight is 469 g/mol. The normalized spacial score (nSPS) is 11.3. The first-order chi connectivity index (χ1) is 17.2. The molecule has 0 radical (unpaired) electrons. The monoisotopic (exact) mass is 468 g/mol. The van der Waals surface area contributed by atoms with Gasteiger partial charge in [0.05, 0.1) is 29.8 Å². The lowest BCUT2D eigenvalue weighted by atomic mass is 10.1. The molecule has 0 atom stereocenters. The maximum atomic E-state index is 12.9. The SMILES string of the molecule is CCOc1ccc(CCNC(=O)Cn2c3ccccc3c3nc4ccccc4nc32)cc1OCC. The molecule has 0 fully saturated rings. The van der Waals surface area contributed by atoms with Gasteiger partial charge in [-0.05, 0) is 56.2 Å². The highest BCUT2D eigenvalue weighted by Crippen LogP contribution is 2.29. The molecular weight excluding hydrogens is 440 g/mol. The van der Waals surface area contributed by atoms with Crippen molar-refractivity contribution in [2.24, 2.45) is 0 Å². The number of carbonyl (C=O) groups excluding carboxylic acids is 1. The van der Waals surface area contributed by atoms with Crippen molar-refractivity contribution in [3.8, 4) is 11.5 Å². The van der Waals surface area contributed by atoms with Crippen LogP contribution in [-0.2, 0) is 17.8 Å². The predicted octanol–water partition coefficient (Wildman–Crippen LogP) is 4.89. The number of nitrogens with zero attached hydrogens (tertiary/aromatic N) is 3. The van der Waals surface area contributed by atoms with Gasteiger partial charge in [0.2, 0.25) is 5.91 Å². The first-order valence-corrected chi connectivity index (χ1v) is 12.0. The molecular formula is C28H28N4O3. The minimum absolute atomic E-state index is 0.0708. The highest BCUT2D eigenvalue weighted by molar-refractivity contribution is 6.07. The Balaban J connectivity index is 1.34. The number of carbonyl (C=O) groups is 1. The molecule has 7 heteroatoms. The third kappa shape index (κ3) is 4.62. The van der Waals surface area contributed by atoms with Gasteiger partial charge in [0.1, 0.15) is 12.1 Å². The van der Waals surface area contributed by atoms with Crippen LogP contribution in [0.25, 0.3) is 33.1 Å². The molecule has 5 aromatic rings. The van der Waals surface area contributed by atoms with Crippen LogP contribution in [0.2, 0.25) is 0 Å². The van der Waals surface area contributed by atoms with Gasteiger partial charge in [-0.3, -0.25) is 4.79 Å². The zero-order valence-electron chi connectivity index (χ0n) is 20.0. The summed E-state index contributed by atoms with van der Waals surface area (Å²) >= 11 is 0. The maximum Gasteiger partial charge on any atom is 0.240 e. The Labute approximate surface area is 203 Å². The molecule has 0 spiro atoms. The number of benzene rings is 3. The van der Waals surface area contributed by atoms with Gasteiger partial charge in [-0.2, -0.15) is 0 Å². The summed E-state index contributed by atoms with van der Waals surface area (Å²) in [6, 6.07) is 21.7. The highest BCUT2D eigenvalue weighted by atomic mass is 16.5. The van der Waals surface area contributed by atoms with Crippen LogP contribution in [-0.4, -0.2) is 40.2 Å². The molecule has 0 bridgehead atoms. The summed E-state index contributed by atoms with van der Waals surface area (Å²) in [4.78, 5) is 22.6. The standard InChI is InChI=1S/C28H28N4O3/c1-3-34-24-14-13-19(17-25(24)35-4-2)15-16-29-26(33)18-32-23-12-8-5-9-20(23)27-28(32)31-22-11-7-6-10-21(22)30-27/h5-14,17H,3-4,15-16,18H2,1-2H3,(H,29,33). The Morgan fingerprint density at radius 3 is 2.40 bits per heavy atom. The Morgan fingerprint density at radius 1 is 0.886 bits per heavy atom. The van der Waals surface area contributed by atoms with Crippen LogP contribution in [0.1, 0.15) is 19.4 Å². The number of hydrogen-bond acceptors (Lipinski definition) is 5. The Bertz CT molecular complexity index is 1510. The molecule has 0 aliphatic heterocycles. The van der Waals surface area contributed by atoms with Crippen LogP contribution in [0, 0.1) is 0 Å². The number of nitrogens with one attached hydrogen (secondary N) is 1. The van der Waals surface area contributed by atoms with Crippen molar-refractivity contribution in [3.05, 3.63) is 72.3 Å². The summed E-state index contributed by atoms with van der Waals surface area (Å²) in [6.45, 7) is 5.74. The van der Waals surface area contributed by atoms with Crippen molar-refractivity contribution in [2.75, 3.05) is 19.8 Å². The summed E-state index contributed by atoms with van der Waals surface area (Å²) in [5.41, 5.74) is 5.20. The van der Waals surface area contributed by atoms with Gasteiger partial charge in [-0.15, -0.1) is 0 Å². The molecule has 0 aliphatic rings. The highest BCUT2D eigenvalue weighted by Gasteiger charge is 2.16. The second-order valence-electron chi connectivity index (χ2n) is 8.23. The molecule has 7 nitrogen and oxygen atoms in total. The van der Waals surface area contributed by atoms with Crippen molar-refractivity contribution in [2.45, 2.75) is 26.8 Å². The van der Waals surface area contributed by atoms with Crippen LogP contribution in [0.5, 0.6) is 11.5 Å². The van der Waals surface area contributed by atoms with E-state index in [9.17, 15) is 4.79 Å². The number of rotatable bonds is 9. The summed E-state index contributed by atoms with van der Waals surface area (Å²) in [5.74, 6) is 1.40. The fraction of sp³-hybridized carbons (Fsp3) is 0.250. The molecule has 0 aliphatic carbocycles. The summed E-state index contributed by atoms with van der Waals surface area (Å²) in [7, 11) is 0. The molecule has 3 aromatic carbocycles. The van der Waals surface area contributed by atoms with E-state index in [1.165, 1.54) is 0 Å². The molecule has 178 valence electrons. The topological polar surface area (TPSA) is 78.3 Å². The largest absolute Gasteiger partial charge is 0.490 e. The van der Waals surface area contributed by atoms with Crippen molar-refractivity contribution >= 4 is 39.0 Å². The van der Waals surface area contributed by atoms with Gasteiger partial charge in [-0.25, -0.2) is 9.97 Å². The van der Waals surface area contributed by atoms with E-state index in [1.54, 1.807) is 0 Å². The van der Waals surface area contributed by atoms with E-state index in [0.29, 0.717) is 31.8 Å². The van der Waals surface area contributed by atoms with Crippen molar-refractivity contribution in [3.63, 3.8) is 0 Å². The van der Waals surface area contributed by atoms with Gasteiger partial charge in [-0.1, -0.05) is 36.4 Å². The second kappa shape index (κ2) is 10.0. The number of aromatic nitrogens is 3. The summed E-state index contributed by atoms with van der Waals surface area (Å²) in [5, 5.41) is 4.04. The first kappa shape index (κ1) is 22.7. The van der Waals surface area contributed by atoms with Crippen molar-refractivity contribution in [1.29, 1.82) is 0 Å². The zero-order chi connectivity index (χ0) is 24.2. The number of hydrogen-bond donors (Lipinski definition) is 1. The van der Waals surface area contributed by atoms with E-state index in [-0.39, 0.29) is 12.5 Å². The lowest BCUT2D eigenvalue weighted by molar-refractivity contribution is -0.121. The molecule has 35 heavy (non-hydrogen) atoms. The fourth-order valence-corrected chi connectivity index (χ4v) is 4.34. The number of amides is 1. The molecule has 1 N–H and O–H groups in total. The van der Waals surface area contributed by atoms with Gasteiger partial charge in [0.25, 0.3) is 0 Å². The number of ether oxygens (including phenoxy) is 2. The van der Waals surface area contributed by atoms with Crippen LogP contribution in [0.15, 0.2) is 66.7 Å². The van der Waals surface area contributed by atoms with Gasteiger partial charge in [0, 0.05) is 11.9 Å². The third-order valence-electron chi connectivity index (χ3n) is 5.90. The van der Waals surface area contributed by atoms with Gasteiger partial charge >= 0.3 is 0 Å². The first-order valence-electron chi connectivity index (χ1n) is 12.0. The van der Waals surface area contributed by atoms with Gasteiger partial charge in [0.15, 0.2) is 17.1 Å². The fourth-order valence-electron chi connectivity index (χ4n) is 4.34. The van der Waals surface area contributed by atoms with Crippen LogP contribution < -0.4 is 14.8 Å². The van der Waals surface area contributed by atoms with Crippen molar-refractivity contribution in [1.82, 2.24) is 19.9 Å². The Hall–Kier alpha value is -4.13. The summed E-state index contributed by atoms with van der Waals surface area (Å²) in [6.07, 6.45) is 0.690. The van der Waals surface area contributed by atoms with Crippen molar-refractivity contribution < 1.29 is 14.3 Å². The molecule has 0 unspecified atom stereocenters. The minimum atomic E-state index is -0.0708. The third-order valence-corrected chi connectivity index (χ3v) is 5.90. The lowest BCUT2D eigenvalue weighted by Crippen LogP contribution is -2.29. The van der Waals surface area contributed by atoms with E-state index >= 15 is 0 Å². The van der Waals surface area contributed by atoms with E-state index < -0.39 is 0 Å². The number of fused-ring (bicyclic) bond motifs is 4. The minimum Gasteiger partial charge on any atom is -0.490 e. The Kier molecular flexibility index (Phi) is 6.48. The average Bonchev–Trinajstić information content (AvgIpc) is 3.17. The molecule has 1 amide bonds. The zero-order valence-corrected chi connectivity index (χ0v) is 20.0.